The molecule has 0 fully saturated rings. The van der Waals surface area contributed by atoms with Gasteiger partial charge in [-0.25, -0.2) is 5.43 Å². The maximum Gasteiger partial charge on any atom is 0.249 e. The van der Waals surface area contributed by atoms with Gasteiger partial charge in [0.25, 0.3) is 0 Å². The van der Waals surface area contributed by atoms with Gasteiger partial charge in [-0.3, -0.25) is 14.6 Å². The molecule has 3 aromatic rings. The number of hydrogen-bond donors (Lipinski definition) is 2. The van der Waals surface area contributed by atoms with Crippen molar-refractivity contribution in [3.8, 4) is 5.69 Å². The molecule has 31 heavy (non-hydrogen) atoms. The average molecular weight is 418 g/mol. The lowest BCUT2D eigenvalue weighted by molar-refractivity contribution is -0.129. The number of hydrogen-bond acceptors (Lipinski definition) is 4. The molecule has 2 amide bonds. The number of pyridine rings is 1. The molecule has 2 aromatic heterocycles. The fourth-order valence-electron chi connectivity index (χ4n) is 3.31. The first-order chi connectivity index (χ1) is 14.8. The summed E-state index contributed by atoms with van der Waals surface area (Å²) in [6.07, 6.45) is 4.64. The van der Waals surface area contributed by atoms with Crippen molar-refractivity contribution in [1.29, 1.82) is 0 Å². The second-order valence-electron chi connectivity index (χ2n) is 7.54. The van der Waals surface area contributed by atoms with E-state index in [1.165, 1.54) is 11.1 Å². The van der Waals surface area contributed by atoms with Crippen LogP contribution < -0.4 is 10.7 Å². The van der Waals surface area contributed by atoms with Crippen molar-refractivity contribution in [3.63, 3.8) is 0 Å². The van der Waals surface area contributed by atoms with Gasteiger partial charge in [0.05, 0.1) is 6.21 Å². The first kappa shape index (κ1) is 22.0. The highest BCUT2D eigenvalue weighted by Crippen LogP contribution is 2.21. The molecule has 0 aliphatic heterocycles. The van der Waals surface area contributed by atoms with Gasteiger partial charge in [-0.2, -0.15) is 5.10 Å². The van der Waals surface area contributed by atoms with Crippen molar-refractivity contribution in [2.45, 2.75) is 40.7 Å². The van der Waals surface area contributed by atoms with Gasteiger partial charge >= 0.3 is 0 Å². The van der Waals surface area contributed by atoms with Crippen molar-refractivity contribution in [2.75, 3.05) is 0 Å². The Morgan fingerprint density at radius 1 is 1.06 bits per heavy atom. The molecule has 2 N–H and O–H groups in total. The van der Waals surface area contributed by atoms with Crippen molar-refractivity contribution < 1.29 is 9.59 Å². The van der Waals surface area contributed by atoms with E-state index in [0.29, 0.717) is 6.54 Å². The lowest BCUT2D eigenvalue weighted by atomic mass is 10.1. The monoisotopic (exact) mass is 417 g/mol. The van der Waals surface area contributed by atoms with Gasteiger partial charge in [0.15, 0.2) is 0 Å². The Labute approximate surface area is 182 Å². The van der Waals surface area contributed by atoms with Crippen LogP contribution in [0.5, 0.6) is 0 Å². The zero-order valence-electron chi connectivity index (χ0n) is 18.3. The fourth-order valence-corrected chi connectivity index (χ4v) is 3.31. The number of nitrogens with zero attached hydrogens (tertiary/aromatic N) is 3. The van der Waals surface area contributed by atoms with Crippen molar-refractivity contribution in [2.24, 2.45) is 5.10 Å². The third-order valence-electron chi connectivity index (χ3n) is 5.15. The smallest absolute Gasteiger partial charge is 0.249 e. The van der Waals surface area contributed by atoms with Crippen LogP contribution in [-0.4, -0.2) is 27.6 Å². The van der Waals surface area contributed by atoms with Gasteiger partial charge in [0.1, 0.15) is 6.42 Å². The zero-order chi connectivity index (χ0) is 22.4. The molecule has 0 radical (unpaired) electrons. The Hall–Kier alpha value is -3.74. The fraction of sp³-hybridized carbons (Fsp3) is 0.250. The topological polar surface area (TPSA) is 88.4 Å². The minimum atomic E-state index is -0.470. The van der Waals surface area contributed by atoms with Crippen molar-refractivity contribution >= 4 is 18.0 Å². The summed E-state index contributed by atoms with van der Waals surface area (Å²) in [5.41, 5.74) is 9.85. The first-order valence-electron chi connectivity index (χ1n) is 10.1. The summed E-state index contributed by atoms with van der Waals surface area (Å²) >= 11 is 0. The lowest BCUT2D eigenvalue weighted by Gasteiger charge is -2.11. The van der Waals surface area contributed by atoms with Gasteiger partial charge in [-0.15, -0.1) is 0 Å². The normalized spacial score (nSPS) is 11.0. The predicted octanol–water partition coefficient (Wildman–Crippen LogP) is 3.26. The third-order valence-corrected chi connectivity index (χ3v) is 5.15. The van der Waals surface area contributed by atoms with E-state index in [1.807, 2.05) is 26.0 Å². The molecule has 0 atom stereocenters. The molecule has 0 aliphatic carbocycles. The highest BCUT2D eigenvalue weighted by Gasteiger charge is 2.11. The highest BCUT2D eigenvalue weighted by molar-refractivity contribution is 5.97. The minimum absolute atomic E-state index is 0.292. The Balaban J connectivity index is 1.57. The molecule has 3 rings (SSSR count). The molecule has 0 spiro atoms. The number of carbonyl (C=O) groups is 2. The van der Waals surface area contributed by atoms with E-state index in [4.69, 9.17) is 0 Å². The van der Waals surface area contributed by atoms with E-state index in [9.17, 15) is 9.59 Å². The summed E-state index contributed by atoms with van der Waals surface area (Å²) in [4.78, 5) is 27.9. The average Bonchev–Trinajstić information content (AvgIpc) is 3.02. The van der Waals surface area contributed by atoms with Crippen LogP contribution in [0.3, 0.4) is 0 Å². The quantitative estimate of drug-likeness (QED) is 0.351. The number of rotatable bonds is 7. The van der Waals surface area contributed by atoms with Crippen molar-refractivity contribution in [3.05, 3.63) is 82.4 Å². The summed E-state index contributed by atoms with van der Waals surface area (Å²) in [7, 11) is 0. The van der Waals surface area contributed by atoms with E-state index >= 15 is 0 Å². The number of aryl methyl sites for hydroxylation is 3. The summed E-state index contributed by atoms with van der Waals surface area (Å²) in [6, 6.07) is 12.0. The zero-order valence-corrected chi connectivity index (χ0v) is 18.3. The largest absolute Gasteiger partial charge is 0.352 e. The van der Waals surface area contributed by atoms with Gasteiger partial charge < -0.3 is 9.88 Å². The summed E-state index contributed by atoms with van der Waals surface area (Å²) in [5.74, 6) is -0.840. The Bertz CT molecular complexity index is 1120. The molecule has 7 heteroatoms. The molecule has 160 valence electrons. The second kappa shape index (κ2) is 9.84. The van der Waals surface area contributed by atoms with E-state index in [1.54, 1.807) is 24.7 Å². The SMILES string of the molecule is Cc1ccc(-n2c(C)cc(/C=N/NC(=O)CC(=O)NCc3cccnc3)c2C)cc1C. The molecule has 2 heterocycles. The maximum absolute atomic E-state index is 12.0. The standard InChI is InChI=1S/C24H27N5O2/c1-16-7-8-22(10-17(16)2)29-18(3)11-21(19(29)4)15-27-28-24(31)12-23(30)26-14-20-6-5-9-25-13-20/h5-11,13,15H,12,14H2,1-4H3,(H,26,30)(H,28,31)/b27-15+. The Kier molecular flexibility index (Phi) is 6.97. The van der Waals surface area contributed by atoms with Gasteiger partial charge in [0.2, 0.25) is 11.8 Å². The lowest BCUT2D eigenvalue weighted by Crippen LogP contribution is -2.29. The summed E-state index contributed by atoms with van der Waals surface area (Å²) < 4.78 is 2.15. The van der Waals surface area contributed by atoms with E-state index in [-0.39, 0.29) is 12.3 Å². The van der Waals surface area contributed by atoms with Gasteiger partial charge in [0, 0.05) is 41.6 Å². The molecule has 0 bridgehead atoms. The molecule has 7 nitrogen and oxygen atoms in total. The number of aromatic nitrogens is 2. The number of nitrogens with one attached hydrogen (secondary N) is 2. The first-order valence-corrected chi connectivity index (χ1v) is 10.1. The van der Waals surface area contributed by atoms with Crippen LogP contribution >= 0.6 is 0 Å². The molecule has 0 saturated heterocycles. The van der Waals surface area contributed by atoms with Crippen LogP contribution in [0.1, 0.15) is 40.1 Å². The van der Waals surface area contributed by atoms with Gasteiger partial charge in [-0.05, 0) is 68.7 Å². The predicted molar refractivity (Wildman–Crippen MR) is 121 cm³/mol. The van der Waals surface area contributed by atoms with Crippen LogP contribution in [0.15, 0.2) is 53.9 Å². The van der Waals surface area contributed by atoms with Crippen LogP contribution in [0.25, 0.3) is 5.69 Å². The number of carbonyl (C=O) groups excluding carboxylic acids is 2. The Morgan fingerprint density at radius 2 is 1.87 bits per heavy atom. The number of benzene rings is 1. The van der Waals surface area contributed by atoms with Crippen LogP contribution in [0.4, 0.5) is 0 Å². The third kappa shape index (κ3) is 5.66. The van der Waals surface area contributed by atoms with E-state index in [2.05, 4.69) is 57.4 Å². The van der Waals surface area contributed by atoms with Crippen LogP contribution in [-0.2, 0) is 16.1 Å². The minimum Gasteiger partial charge on any atom is -0.352 e. The molecule has 0 aliphatic rings. The highest BCUT2D eigenvalue weighted by atomic mass is 16.2. The van der Waals surface area contributed by atoms with E-state index in [0.717, 1.165) is 28.2 Å². The van der Waals surface area contributed by atoms with Crippen molar-refractivity contribution in [1.82, 2.24) is 20.3 Å². The molecule has 0 saturated carbocycles. The Morgan fingerprint density at radius 3 is 2.58 bits per heavy atom. The van der Waals surface area contributed by atoms with Gasteiger partial charge in [-0.1, -0.05) is 12.1 Å². The molecular weight excluding hydrogens is 390 g/mol. The van der Waals surface area contributed by atoms with E-state index < -0.39 is 5.91 Å². The molecule has 1 aromatic carbocycles. The number of hydrazone groups is 1. The maximum atomic E-state index is 12.0. The summed E-state index contributed by atoms with van der Waals surface area (Å²) in [5, 5.41) is 6.72. The van der Waals surface area contributed by atoms with Crippen LogP contribution in [0.2, 0.25) is 0 Å². The second-order valence-corrected chi connectivity index (χ2v) is 7.54. The molecule has 0 unspecified atom stereocenters. The molecular formula is C24H27N5O2. The summed E-state index contributed by atoms with van der Waals surface area (Å²) in [6.45, 7) is 8.56. The number of amides is 2. The van der Waals surface area contributed by atoms with Crippen LogP contribution in [0, 0.1) is 27.7 Å².